The molecule has 4 aliphatic rings. The van der Waals surface area contributed by atoms with E-state index in [1.807, 2.05) is 0 Å². The molecule has 0 saturated heterocycles. The maximum atomic E-state index is 11.7. The maximum Gasteiger partial charge on any atom is 0.302 e. The number of hydrogen-bond donors (Lipinski definition) is 0. The molecule has 4 aliphatic carbocycles. The molecule has 29 heavy (non-hydrogen) atoms. The van der Waals surface area contributed by atoms with E-state index in [1.54, 1.807) is 5.54 Å². The molecule has 0 amide bonds. The molecule has 160 valence electrons. The molecule has 0 spiro atoms. The van der Waals surface area contributed by atoms with Crippen LogP contribution in [-0.4, -0.2) is 24.1 Å². The number of hydrogen-bond acceptors (Lipinski definition) is 4. The minimum Gasteiger partial charge on any atom is -0.462 e. The molecule has 0 unspecified atom stereocenters. The summed E-state index contributed by atoms with van der Waals surface area (Å²) in [5, 5.41) is 0. The van der Waals surface area contributed by atoms with Crippen LogP contribution in [-0.2, 0) is 19.1 Å². The highest BCUT2D eigenvalue weighted by molar-refractivity contribution is 6.25. The molecule has 0 aromatic carbocycles. The van der Waals surface area contributed by atoms with Crippen LogP contribution in [0.4, 0.5) is 0 Å². The minimum atomic E-state index is -0.193. The van der Waals surface area contributed by atoms with Gasteiger partial charge in [0.1, 0.15) is 12.2 Å². The molecular formula is C24H33ClO4. The van der Waals surface area contributed by atoms with E-state index < -0.39 is 0 Å². The van der Waals surface area contributed by atoms with Crippen LogP contribution >= 0.6 is 11.6 Å². The predicted molar refractivity (Wildman–Crippen MR) is 112 cm³/mol. The molecule has 3 fully saturated rings. The first kappa shape index (κ1) is 21.0. The number of carbonyl (C=O) groups is 2. The van der Waals surface area contributed by atoms with Gasteiger partial charge in [0.05, 0.1) is 0 Å². The van der Waals surface area contributed by atoms with Crippen molar-refractivity contribution >= 4 is 23.5 Å². The van der Waals surface area contributed by atoms with E-state index in [1.165, 1.54) is 19.4 Å². The number of allylic oxidation sites excluding steroid dienone is 1. The van der Waals surface area contributed by atoms with Gasteiger partial charge in [-0.1, -0.05) is 36.2 Å². The molecule has 0 aliphatic heterocycles. The fourth-order valence-corrected chi connectivity index (χ4v) is 7.68. The number of esters is 2. The molecule has 5 heteroatoms. The fraction of sp³-hybridized carbons (Fsp3) is 0.750. The molecule has 7 atom stereocenters. The zero-order chi connectivity index (χ0) is 20.8. The number of carbonyl (C=O) groups excluding carboxylic acids is 2. The third-order valence-corrected chi connectivity index (χ3v) is 8.71. The third kappa shape index (κ3) is 3.45. The zero-order valence-corrected chi connectivity index (χ0v) is 18.5. The van der Waals surface area contributed by atoms with Crippen LogP contribution in [0.1, 0.15) is 72.1 Å². The molecule has 4 nitrogen and oxygen atoms in total. The van der Waals surface area contributed by atoms with E-state index in [2.05, 4.69) is 19.1 Å². The van der Waals surface area contributed by atoms with Crippen molar-refractivity contribution in [3.63, 3.8) is 0 Å². The lowest BCUT2D eigenvalue weighted by atomic mass is 9.47. The Balaban J connectivity index is 1.61. The van der Waals surface area contributed by atoms with Crippen molar-refractivity contribution in [3.8, 4) is 0 Å². The normalized spacial score (nSPS) is 43.7. The average Bonchev–Trinajstić information content (AvgIpc) is 3.00. The van der Waals surface area contributed by atoms with Crippen LogP contribution in [0.3, 0.4) is 0 Å². The Hall–Kier alpha value is -1.29. The van der Waals surface area contributed by atoms with Crippen LogP contribution in [0.25, 0.3) is 0 Å². The van der Waals surface area contributed by atoms with Gasteiger partial charge < -0.3 is 9.47 Å². The Kier molecular flexibility index (Phi) is 5.61. The summed E-state index contributed by atoms with van der Waals surface area (Å²) in [7, 11) is 0. The largest absolute Gasteiger partial charge is 0.462 e. The first-order valence-corrected chi connectivity index (χ1v) is 11.6. The monoisotopic (exact) mass is 420 g/mol. The second-order valence-electron chi connectivity index (χ2n) is 9.85. The quantitative estimate of drug-likeness (QED) is 0.444. The van der Waals surface area contributed by atoms with Crippen LogP contribution in [0.15, 0.2) is 23.3 Å². The van der Waals surface area contributed by atoms with E-state index in [4.69, 9.17) is 21.1 Å². The lowest BCUT2D eigenvalue weighted by molar-refractivity contribution is -0.154. The first-order chi connectivity index (χ1) is 13.8. The van der Waals surface area contributed by atoms with Crippen molar-refractivity contribution < 1.29 is 19.1 Å². The summed E-state index contributed by atoms with van der Waals surface area (Å²) in [6, 6.07) is 0. The van der Waals surface area contributed by atoms with Crippen molar-refractivity contribution in [1.82, 2.24) is 0 Å². The zero-order valence-electron chi connectivity index (χ0n) is 17.8. The Labute approximate surface area is 179 Å². The van der Waals surface area contributed by atoms with Gasteiger partial charge in [0.2, 0.25) is 0 Å². The summed E-state index contributed by atoms with van der Waals surface area (Å²) in [4.78, 5) is 23.1. The minimum absolute atomic E-state index is 0.0325. The van der Waals surface area contributed by atoms with Gasteiger partial charge in [0.25, 0.3) is 0 Å². The second-order valence-corrected chi connectivity index (χ2v) is 10.1. The SMILES string of the molecule is CC(=O)O[C@H]1CC[C@@]2(C)C(=CC[C@H]3[C@@H]4CC[C@H](OC(C)=O)[C@@]4(C=CCl)CC[C@@H]32)C1. The Morgan fingerprint density at radius 3 is 2.52 bits per heavy atom. The summed E-state index contributed by atoms with van der Waals surface area (Å²) >= 11 is 6.09. The Morgan fingerprint density at radius 1 is 1.07 bits per heavy atom. The smallest absolute Gasteiger partial charge is 0.302 e. The average molecular weight is 421 g/mol. The van der Waals surface area contributed by atoms with Crippen LogP contribution in [0.5, 0.6) is 0 Å². The van der Waals surface area contributed by atoms with E-state index in [9.17, 15) is 9.59 Å². The summed E-state index contributed by atoms with van der Waals surface area (Å²) in [5.74, 6) is 1.36. The van der Waals surface area contributed by atoms with Crippen molar-refractivity contribution in [3.05, 3.63) is 23.3 Å². The number of ether oxygens (including phenoxy) is 2. The van der Waals surface area contributed by atoms with Gasteiger partial charge in [-0.15, -0.1) is 0 Å². The van der Waals surface area contributed by atoms with E-state index in [0.29, 0.717) is 17.8 Å². The van der Waals surface area contributed by atoms with Gasteiger partial charge in [-0.3, -0.25) is 9.59 Å². The van der Waals surface area contributed by atoms with Crippen molar-refractivity contribution in [2.24, 2.45) is 28.6 Å². The van der Waals surface area contributed by atoms with Gasteiger partial charge >= 0.3 is 11.9 Å². The molecule has 0 N–H and O–H groups in total. The Morgan fingerprint density at radius 2 is 1.83 bits per heavy atom. The molecular weight excluding hydrogens is 388 g/mol. The van der Waals surface area contributed by atoms with Crippen LogP contribution in [0, 0.1) is 28.6 Å². The summed E-state index contributed by atoms with van der Waals surface area (Å²) in [6.07, 6.45) is 12.7. The van der Waals surface area contributed by atoms with Gasteiger partial charge in [0.15, 0.2) is 0 Å². The number of rotatable bonds is 3. The standard InChI is InChI=1S/C24H33ClO4/c1-15(26)28-18-8-10-23(3)17(14-18)4-5-19-20(23)9-11-24(12-13-25)21(19)6-7-22(24)29-16(2)27/h4,12-13,18-22H,5-11,14H2,1-3H3/t18-,19+,20-,21-,22-,23-,24+/m0/s1. The van der Waals surface area contributed by atoms with Crippen molar-refractivity contribution in [2.45, 2.75) is 84.3 Å². The molecule has 0 aromatic rings. The molecule has 0 heterocycles. The lowest BCUT2D eigenvalue weighted by Gasteiger charge is -2.57. The molecule has 4 rings (SSSR count). The molecule has 0 aromatic heterocycles. The van der Waals surface area contributed by atoms with Crippen LogP contribution < -0.4 is 0 Å². The van der Waals surface area contributed by atoms with Gasteiger partial charge in [0, 0.05) is 31.2 Å². The highest BCUT2D eigenvalue weighted by atomic mass is 35.5. The van der Waals surface area contributed by atoms with E-state index >= 15 is 0 Å². The van der Waals surface area contributed by atoms with Crippen molar-refractivity contribution in [1.29, 1.82) is 0 Å². The number of fused-ring (bicyclic) bond motifs is 5. The summed E-state index contributed by atoms with van der Waals surface area (Å²) in [5.41, 5.74) is 3.21. The van der Waals surface area contributed by atoms with Gasteiger partial charge in [-0.2, -0.15) is 0 Å². The fourth-order valence-electron chi connectivity index (χ4n) is 7.44. The molecule has 0 bridgehead atoms. The van der Waals surface area contributed by atoms with E-state index in [-0.39, 0.29) is 35.0 Å². The molecule has 0 radical (unpaired) electrons. The third-order valence-electron chi connectivity index (χ3n) is 8.59. The second kappa shape index (κ2) is 7.76. The first-order valence-electron chi connectivity index (χ1n) is 11.1. The highest BCUT2D eigenvalue weighted by Crippen LogP contribution is 2.66. The van der Waals surface area contributed by atoms with Gasteiger partial charge in [-0.05, 0) is 68.1 Å². The molecule has 3 saturated carbocycles. The summed E-state index contributed by atoms with van der Waals surface area (Å²) in [6.45, 7) is 5.45. The van der Waals surface area contributed by atoms with Gasteiger partial charge in [-0.25, -0.2) is 0 Å². The topological polar surface area (TPSA) is 52.6 Å². The van der Waals surface area contributed by atoms with Crippen LogP contribution in [0.2, 0.25) is 0 Å². The highest BCUT2D eigenvalue weighted by Gasteiger charge is 2.60. The maximum absolute atomic E-state index is 11.7. The summed E-state index contributed by atoms with van der Waals surface area (Å²) < 4.78 is 11.3. The van der Waals surface area contributed by atoms with Crippen molar-refractivity contribution in [2.75, 3.05) is 0 Å². The Bertz CT molecular complexity index is 743. The number of halogens is 1. The lowest BCUT2D eigenvalue weighted by Crippen LogP contribution is -2.52. The predicted octanol–water partition coefficient (Wildman–Crippen LogP) is 5.55. The van der Waals surface area contributed by atoms with E-state index in [0.717, 1.165) is 51.4 Å².